The highest BCUT2D eigenvalue weighted by molar-refractivity contribution is 7.98. The first-order chi connectivity index (χ1) is 10.3. The molecule has 22 heavy (non-hydrogen) atoms. The number of cyclic esters (lactones) is 1. The number of benzene rings is 1. The summed E-state index contributed by atoms with van der Waals surface area (Å²) in [5.41, 5.74) is 4.28. The summed E-state index contributed by atoms with van der Waals surface area (Å²) >= 11 is 1.72. The first-order valence-electron chi connectivity index (χ1n) is 7.55. The Hall–Kier alpha value is -1.42. The second kappa shape index (κ2) is 6.78. The topological polar surface area (TPSA) is 46.5 Å². The van der Waals surface area contributed by atoms with Gasteiger partial charge in [0.15, 0.2) is 0 Å². The lowest BCUT2D eigenvalue weighted by atomic mass is 9.89. The lowest BCUT2D eigenvalue weighted by Gasteiger charge is -2.29. The summed E-state index contributed by atoms with van der Waals surface area (Å²) in [6.07, 6.45) is 2.19. The average molecular weight is 320 g/mol. The summed E-state index contributed by atoms with van der Waals surface area (Å²) < 4.78 is 5.61. The number of aliphatic hydroxyl groups excluding tert-OH is 1. The van der Waals surface area contributed by atoms with Gasteiger partial charge in [0.1, 0.15) is 17.4 Å². The fourth-order valence-electron chi connectivity index (χ4n) is 3.16. The maximum absolute atomic E-state index is 12.5. The van der Waals surface area contributed by atoms with Crippen LogP contribution in [0.5, 0.6) is 0 Å². The number of thioether (sulfide) groups is 1. The Morgan fingerprint density at radius 2 is 1.91 bits per heavy atom. The third kappa shape index (κ3) is 3.32. The number of aryl methyl sites for hydroxylation is 3. The van der Waals surface area contributed by atoms with E-state index in [2.05, 4.69) is 6.92 Å². The maximum atomic E-state index is 12.5. The number of esters is 1. The van der Waals surface area contributed by atoms with E-state index in [1.807, 2.05) is 39.2 Å². The van der Waals surface area contributed by atoms with Crippen LogP contribution in [0.2, 0.25) is 0 Å². The summed E-state index contributed by atoms with van der Waals surface area (Å²) in [5, 5.41) is 10.5. The van der Waals surface area contributed by atoms with Crippen LogP contribution in [0, 0.1) is 26.7 Å². The molecule has 0 saturated carbocycles. The molecule has 0 saturated heterocycles. The highest BCUT2D eigenvalue weighted by atomic mass is 32.2. The second-order valence-corrected chi connectivity index (χ2v) is 7.09. The Labute approximate surface area is 136 Å². The third-order valence-electron chi connectivity index (χ3n) is 4.14. The molecule has 1 aliphatic heterocycles. The third-order valence-corrected chi connectivity index (χ3v) is 5.00. The molecular weight excluding hydrogens is 296 g/mol. The van der Waals surface area contributed by atoms with Crippen LogP contribution in [0.15, 0.2) is 17.9 Å². The van der Waals surface area contributed by atoms with Gasteiger partial charge in [0.2, 0.25) is 0 Å². The van der Waals surface area contributed by atoms with Crippen molar-refractivity contribution in [3.8, 4) is 0 Å². The standard InChI is InChI=1S/C18H24O3S/c1-10-6-11(2)16(12(3)7-10)17-14(19)8-15(21-18(17)20)13(4)9-22-5/h6-7,13,15,19H,8-9H2,1-5H3. The van der Waals surface area contributed by atoms with E-state index >= 15 is 0 Å². The van der Waals surface area contributed by atoms with Crippen molar-refractivity contribution in [3.63, 3.8) is 0 Å². The molecule has 0 radical (unpaired) electrons. The predicted octanol–water partition coefficient (Wildman–Crippen LogP) is 4.20. The molecule has 0 aliphatic carbocycles. The first kappa shape index (κ1) is 16.9. The lowest BCUT2D eigenvalue weighted by Crippen LogP contribution is -2.32. The number of carbonyl (C=O) groups is 1. The minimum absolute atomic E-state index is 0.157. The zero-order valence-corrected chi connectivity index (χ0v) is 14.7. The van der Waals surface area contributed by atoms with E-state index in [0.717, 1.165) is 28.0 Å². The summed E-state index contributed by atoms with van der Waals surface area (Å²) in [6.45, 7) is 8.00. The molecule has 0 aromatic heterocycles. The van der Waals surface area contributed by atoms with Gasteiger partial charge in [0.05, 0.1) is 0 Å². The molecule has 0 spiro atoms. The molecule has 1 aliphatic rings. The van der Waals surface area contributed by atoms with Crippen LogP contribution in [0.4, 0.5) is 0 Å². The molecule has 120 valence electrons. The quantitative estimate of drug-likeness (QED) is 0.845. The average Bonchev–Trinajstić information content (AvgIpc) is 2.40. The number of hydrogen-bond acceptors (Lipinski definition) is 4. The van der Waals surface area contributed by atoms with Crippen LogP contribution in [-0.2, 0) is 9.53 Å². The Morgan fingerprint density at radius 1 is 1.32 bits per heavy atom. The molecule has 0 amide bonds. The fraction of sp³-hybridized carbons (Fsp3) is 0.500. The van der Waals surface area contributed by atoms with E-state index in [9.17, 15) is 9.90 Å². The monoisotopic (exact) mass is 320 g/mol. The van der Waals surface area contributed by atoms with Gasteiger partial charge in [-0.2, -0.15) is 11.8 Å². The van der Waals surface area contributed by atoms with Crippen LogP contribution in [-0.4, -0.2) is 29.2 Å². The molecule has 2 atom stereocenters. The van der Waals surface area contributed by atoms with Crippen molar-refractivity contribution in [2.24, 2.45) is 5.92 Å². The van der Waals surface area contributed by atoms with Gasteiger partial charge in [-0.3, -0.25) is 0 Å². The van der Waals surface area contributed by atoms with Crippen LogP contribution >= 0.6 is 11.8 Å². The van der Waals surface area contributed by atoms with Gasteiger partial charge in [-0.1, -0.05) is 24.6 Å². The number of hydrogen-bond donors (Lipinski definition) is 1. The van der Waals surface area contributed by atoms with Crippen molar-refractivity contribution < 1.29 is 14.6 Å². The SMILES string of the molecule is CSCC(C)C1CC(O)=C(c2c(C)cc(C)cc2C)C(=O)O1. The molecule has 1 aromatic rings. The second-order valence-electron chi connectivity index (χ2n) is 6.18. The Bertz CT molecular complexity index is 596. The van der Waals surface area contributed by atoms with Gasteiger partial charge >= 0.3 is 5.97 Å². The van der Waals surface area contributed by atoms with Crippen LogP contribution in [0.25, 0.3) is 5.57 Å². The molecule has 2 unspecified atom stereocenters. The van der Waals surface area contributed by atoms with Crippen LogP contribution in [0.1, 0.15) is 35.6 Å². The van der Waals surface area contributed by atoms with Crippen LogP contribution in [0.3, 0.4) is 0 Å². The van der Waals surface area contributed by atoms with E-state index in [4.69, 9.17) is 4.74 Å². The van der Waals surface area contributed by atoms with E-state index in [1.165, 1.54) is 0 Å². The van der Waals surface area contributed by atoms with Crippen molar-refractivity contribution >= 4 is 23.3 Å². The normalized spacial score (nSPS) is 20.0. The van der Waals surface area contributed by atoms with E-state index < -0.39 is 5.97 Å². The van der Waals surface area contributed by atoms with Crippen LogP contribution < -0.4 is 0 Å². The van der Waals surface area contributed by atoms with Crippen molar-refractivity contribution in [1.29, 1.82) is 0 Å². The van der Waals surface area contributed by atoms with Gasteiger partial charge < -0.3 is 9.84 Å². The Kier molecular flexibility index (Phi) is 5.22. The van der Waals surface area contributed by atoms with E-state index in [1.54, 1.807) is 11.8 Å². The van der Waals surface area contributed by atoms with Gasteiger partial charge in [-0.15, -0.1) is 0 Å². The van der Waals surface area contributed by atoms with Gasteiger partial charge in [-0.05, 0) is 49.5 Å². The first-order valence-corrected chi connectivity index (χ1v) is 8.94. The number of rotatable bonds is 4. The molecule has 0 bridgehead atoms. The molecular formula is C18H24O3S. The molecule has 1 heterocycles. The summed E-state index contributed by atoms with van der Waals surface area (Å²) in [6, 6.07) is 4.05. The van der Waals surface area contributed by atoms with Crippen molar-refractivity contribution in [1.82, 2.24) is 0 Å². The number of aliphatic hydroxyl groups is 1. The predicted molar refractivity (Wildman–Crippen MR) is 92.2 cm³/mol. The fourth-order valence-corrected chi connectivity index (χ4v) is 3.90. The van der Waals surface area contributed by atoms with Crippen molar-refractivity contribution in [2.45, 2.75) is 40.2 Å². The summed E-state index contributed by atoms with van der Waals surface area (Å²) in [7, 11) is 0. The van der Waals surface area contributed by atoms with Crippen molar-refractivity contribution in [2.75, 3.05) is 12.0 Å². The highest BCUT2D eigenvalue weighted by Crippen LogP contribution is 2.34. The lowest BCUT2D eigenvalue weighted by molar-refractivity contribution is -0.145. The summed E-state index contributed by atoms with van der Waals surface area (Å²) in [5.74, 6) is 0.882. The maximum Gasteiger partial charge on any atom is 0.342 e. The Balaban J connectivity index is 2.40. The largest absolute Gasteiger partial charge is 0.511 e. The minimum Gasteiger partial charge on any atom is -0.511 e. The molecule has 2 rings (SSSR count). The van der Waals surface area contributed by atoms with Crippen molar-refractivity contribution in [3.05, 3.63) is 40.1 Å². The smallest absolute Gasteiger partial charge is 0.342 e. The Morgan fingerprint density at radius 3 is 2.41 bits per heavy atom. The molecule has 1 aromatic carbocycles. The van der Waals surface area contributed by atoms with Gasteiger partial charge in [0, 0.05) is 12.3 Å². The summed E-state index contributed by atoms with van der Waals surface area (Å²) in [4.78, 5) is 12.5. The molecule has 0 fully saturated rings. The zero-order valence-electron chi connectivity index (χ0n) is 13.9. The van der Waals surface area contributed by atoms with Gasteiger partial charge in [-0.25, -0.2) is 4.79 Å². The van der Waals surface area contributed by atoms with E-state index in [-0.39, 0.29) is 17.8 Å². The molecule has 3 nitrogen and oxygen atoms in total. The van der Waals surface area contributed by atoms with Gasteiger partial charge in [0.25, 0.3) is 0 Å². The highest BCUT2D eigenvalue weighted by Gasteiger charge is 2.34. The van der Waals surface area contributed by atoms with E-state index in [0.29, 0.717) is 12.0 Å². The molecule has 1 N–H and O–H groups in total. The number of carbonyl (C=O) groups excluding carboxylic acids is 1. The molecule has 4 heteroatoms. The zero-order chi connectivity index (χ0) is 16.4. The minimum atomic E-state index is -0.406. The number of ether oxygens (including phenoxy) is 1.